The maximum atomic E-state index is 12.1. The van der Waals surface area contributed by atoms with E-state index in [4.69, 9.17) is 4.74 Å². The third-order valence-corrected chi connectivity index (χ3v) is 3.10. The molecular weight excluding hydrogens is 284 g/mol. The standard InChI is InChI=1S/C16H16N2O4/c1-11-10-13(18(20)21)8-9-15(11)17-16(19)12(2)22-14-6-4-3-5-7-14/h3-10,12H,1-2H3,(H,17,19)/t12-/m0/s1. The lowest BCUT2D eigenvalue weighted by Crippen LogP contribution is -2.30. The first-order chi connectivity index (χ1) is 10.5. The van der Waals surface area contributed by atoms with Crippen LogP contribution < -0.4 is 10.1 Å². The van der Waals surface area contributed by atoms with Gasteiger partial charge in [-0.05, 0) is 37.6 Å². The number of anilines is 1. The van der Waals surface area contributed by atoms with Crippen molar-refractivity contribution in [2.75, 3.05) is 5.32 Å². The van der Waals surface area contributed by atoms with Crippen LogP contribution >= 0.6 is 0 Å². The molecule has 0 radical (unpaired) electrons. The zero-order valence-corrected chi connectivity index (χ0v) is 12.3. The Labute approximate surface area is 127 Å². The Morgan fingerprint density at radius 1 is 1.23 bits per heavy atom. The SMILES string of the molecule is Cc1cc([N+](=O)[O-])ccc1NC(=O)[C@H](C)Oc1ccccc1. The van der Waals surface area contributed by atoms with Crippen molar-refractivity contribution in [3.63, 3.8) is 0 Å². The molecule has 114 valence electrons. The number of hydrogen-bond acceptors (Lipinski definition) is 4. The summed E-state index contributed by atoms with van der Waals surface area (Å²) in [6.45, 7) is 3.34. The molecular formula is C16H16N2O4. The van der Waals surface area contributed by atoms with Crippen LogP contribution in [0.4, 0.5) is 11.4 Å². The largest absolute Gasteiger partial charge is 0.481 e. The summed E-state index contributed by atoms with van der Waals surface area (Å²) in [6.07, 6.45) is -0.683. The highest BCUT2D eigenvalue weighted by Crippen LogP contribution is 2.21. The van der Waals surface area contributed by atoms with Crippen molar-refractivity contribution in [3.8, 4) is 5.75 Å². The van der Waals surface area contributed by atoms with Gasteiger partial charge in [-0.3, -0.25) is 14.9 Å². The van der Waals surface area contributed by atoms with Crippen LogP contribution in [0.2, 0.25) is 0 Å². The van der Waals surface area contributed by atoms with E-state index in [2.05, 4.69) is 5.32 Å². The molecule has 1 N–H and O–H groups in total. The number of ether oxygens (including phenoxy) is 1. The van der Waals surface area contributed by atoms with E-state index >= 15 is 0 Å². The highest BCUT2D eigenvalue weighted by atomic mass is 16.6. The van der Waals surface area contributed by atoms with Crippen molar-refractivity contribution in [1.29, 1.82) is 0 Å². The predicted octanol–water partition coefficient (Wildman–Crippen LogP) is 3.31. The summed E-state index contributed by atoms with van der Waals surface area (Å²) in [5.74, 6) is 0.284. The number of rotatable bonds is 5. The molecule has 0 bridgehead atoms. The second-order valence-electron chi connectivity index (χ2n) is 4.82. The Balaban J connectivity index is 2.04. The van der Waals surface area contributed by atoms with Gasteiger partial charge in [0.15, 0.2) is 6.10 Å². The molecule has 2 aromatic rings. The number of carbonyl (C=O) groups is 1. The molecule has 0 aliphatic carbocycles. The third kappa shape index (κ3) is 3.82. The second-order valence-corrected chi connectivity index (χ2v) is 4.82. The van der Waals surface area contributed by atoms with Gasteiger partial charge in [0.25, 0.3) is 11.6 Å². The van der Waals surface area contributed by atoms with E-state index in [1.807, 2.05) is 18.2 Å². The first kappa shape index (κ1) is 15.5. The summed E-state index contributed by atoms with van der Waals surface area (Å²) in [5.41, 5.74) is 1.14. The van der Waals surface area contributed by atoms with Crippen molar-refractivity contribution in [2.45, 2.75) is 20.0 Å². The summed E-state index contributed by atoms with van der Waals surface area (Å²) < 4.78 is 5.53. The van der Waals surface area contributed by atoms with Crippen molar-refractivity contribution in [3.05, 3.63) is 64.2 Å². The third-order valence-electron chi connectivity index (χ3n) is 3.10. The van der Waals surface area contributed by atoms with E-state index in [-0.39, 0.29) is 11.6 Å². The van der Waals surface area contributed by atoms with Gasteiger partial charge in [-0.25, -0.2) is 0 Å². The minimum absolute atomic E-state index is 0.0101. The van der Waals surface area contributed by atoms with Gasteiger partial charge in [0, 0.05) is 17.8 Å². The number of nitrogens with zero attached hydrogens (tertiary/aromatic N) is 1. The number of nitro groups is 1. The number of nitro benzene ring substituents is 1. The maximum Gasteiger partial charge on any atom is 0.269 e. The first-order valence-electron chi connectivity index (χ1n) is 6.75. The van der Waals surface area contributed by atoms with Gasteiger partial charge in [0.2, 0.25) is 0 Å². The number of para-hydroxylation sites is 1. The minimum atomic E-state index is -0.683. The lowest BCUT2D eigenvalue weighted by molar-refractivity contribution is -0.384. The summed E-state index contributed by atoms with van der Waals surface area (Å²) in [6, 6.07) is 13.3. The number of amides is 1. The lowest BCUT2D eigenvalue weighted by atomic mass is 10.1. The molecule has 0 saturated heterocycles. The van der Waals surface area contributed by atoms with Crippen LogP contribution in [0.15, 0.2) is 48.5 Å². The Bertz CT molecular complexity index is 686. The monoisotopic (exact) mass is 300 g/mol. The fraction of sp³-hybridized carbons (Fsp3) is 0.188. The van der Waals surface area contributed by atoms with Gasteiger partial charge in [-0.1, -0.05) is 18.2 Å². The molecule has 6 nitrogen and oxygen atoms in total. The van der Waals surface area contributed by atoms with E-state index in [0.29, 0.717) is 17.0 Å². The summed E-state index contributed by atoms with van der Waals surface area (Å²) >= 11 is 0. The van der Waals surface area contributed by atoms with E-state index in [9.17, 15) is 14.9 Å². The molecule has 1 amide bonds. The van der Waals surface area contributed by atoms with E-state index in [0.717, 1.165) is 0 Å². The lowest BCUT2D eigenvalue weighted by Gasteiger charge is -2.15. The molecule has 0 heterocycles. The molecule has 0 unspecified atom stereocenters. The maximum absolute atomic E-state index is 12.1. The molecule has 0 aliphatic heterocycles. The Hall–Kier alpha value is -2.89. The van der Waals surface area contributed by atoms with Gasteiger partial charge < -0.3 is 10.1 Å². The normalized spacial score (nSPS) is 11.5. The molecule has 1 atom stereocenters. The number of benzene rings is 2. The molecule has 2 aromatic carbocycles. The van der Waals surface area contributed by atoms with Gasteiger partial charge in [0.1, 0.15) is 5.75 Å². The van der Waals surface area contributed by atoms with Crippen LogP contribution in [0.25, 0.3) is 0 Å². The predicted molar refractivity (Wildman–Crippen MR) is 83.0 cm³/mol. The van der Waals surface area contributed by atoms with Crippen LogP contribution in [0.5, 0.6) is 5.75 Å². The van der Waals surface area contributed by atoms with Gasteiger partial charge in [-0.15, -0.1) is 0 Å². The zero-order chi connectivity index (χ0) is 16.1. The molecule has 6 heteroatoms. The second kappa shape index (κ2) is 6.71. The molecule has 0 aromatic heterocycles. The molecule has 0 spiro atoms. The van der Waals surface area contributed by atoms with Crippen molar-refractivity contribution < 1.29 is 14.5 Å². The molecule has 22 heavy (non-hydrogen) atoms. The van der Waals surface area contributed by atoms with Crippen molar-refractivity contribution in [1.82, 2.24) is 0 Å². The average molecular weight is 300 g/mol. The molecule has 0 aliphatic rings. The first-order valence-corrected chi connectivity index (χ1v) is 6.75. The highest BCUT2D eigenvalue weighted by Gasteiger charge is 2.16. The van der Waals surface area contributed by atoms with Gasteiger partial charge >= 0.3 is 0 Å². The average Bonchev–Trinajstić information content (AvgIpc) is 2.50. The van der Waals surface area contributed by atoms with Gasteiger partial charge in [0.05, 0.1) is 4.92 Å². The Kier molecular flexibility index (Phi) is 4.73. The molecule has 0 fully saturated rings. The highest BCUT2D eigenvalue weighted by molar-refractivity contribution is 5.94. The fourth-order valence-corrected chi connectivity index (χ4v) is 1.89. The number of carbonyl (C=O) groups excluding carboxylic acids is 1. The minimum Gasteiger partial charge on any atom is -0.481 e. The number of nitrogens with one attached hydrogen (secondary N) is 1. The number of aryl methyl sites for hydroxylation is 1. The van der Waals surface area contributed by atoms with Gasteiger partial charge in [-0.2, -0.15) is 0 Å². The fourth-order valence-electron chi connectivity index (χ4n) is 1.89. The van der Waals surface area contributed by atoms with Crippen molar-refractivity contribution in [2.24, 2.45) is 0 Å². The van der Waals surface area contributed by atoms with Crippen LogP contribution in [-0.2, 0) is 4.79 Å². The quantitative estimate of drug-likeness (QED) is 0.678. The summed E-state index contributed by atoms with van der Waals surface area (Å²) in [4.78, 5) is 22.3. The van der Waals surface area contributed by atoms with Crippen molar-refractivity contribution >= 4 is 17.3 Å². The van der Waals surface area contributed by atoms with E-state index < -0.39 is 11.0 Å². The van der Waals surface area contributed by atoms with Crippen LogP contribution in [0.1, 0.15) is 12.5 Å². The smallest absolute Gasteiger partial charge is 0.269 e. The van der Waals surface area contributed by atoms with E-state index in [1.54, 1.807) is 26.0 Å². The van der Waals surface area contributed by atoms with Crippen LogP contribution in [0.3, 0.4) is 0 Å². The zero-order valence-electron chi connectivity index (χ0n) is 12.3. The van der Waals surface area contributed by atoms with Crippen LogP contribution in [0, 0.1) is 17.0 Å². The number of hydrogen-bond donors (Lipinski definition) is 1. The number of non-ortho nitro benzene ring substituents is 1. The van der Waals surface area contributed by atoms with Crippen LogP contribution in [-0.4, -0.2) is 16.9 Å². The summed E-state index contributed by atoms with van der Waals surface area (Å²) in [5, 5.41) is 13.4. The Morgan fingerprint density at radius 3 is 2.50 bits per heavy atom. The molecule has 2 rings (SSSR count). The van der Waals surface area contributed by atoms with E-state index in [1.165, 1.54) is 18.2 Å². The molecule has 0 saturated carbocycles. The summed E-state index contributed by atoms with van der Waals surface area (Å²) in [7, 11) is 0. The topological polar surface area (TPSA) is 81.5 Å². The Morgan fingerprint density at radius 2 is 1.91 bits per heavy atom.